The third-order valence-electron chi connectivity index (χ3n) is 6.61. The summed E-state index contributed by atoms with van der Waals surface area (Å²) in [4.78, 5) is 30.4. The standard InChI is InChI=1S/C30H43N3O4/c1-21(2)19-37-30(35)33-16-14-25-18-26(36-20-24-10-8-7-9-11-24)12-13-27(25)28(33)29(34)31-15-17-32(22(3)4)23(5)6/h7-13,18,21-23,28H,14-17,19-20H2,1-6H3,(H,31,34). The molecule has 1 aliphatic heterocycles. The van der Waals surface area contributed by atoms with Crippen LogP contribution in [0.1, 0.15) is 64.3 Å². The van der Waals surface area contributed by atoms with Gasteiger partial charge in [-0.2, -0.15) is 0 Å². The van der Waals surface area contributed by atoms with Crippen molar-refractivity contribution < 1.29 is 19.1 Å². The fraction of sp³-hybridized carbons (Fsp3) is 0.533. The molecule has 1 unspecified atom stereocenters. The van der Waals surface area contributed by atoms with Gasteiger partial charge in [0.2, 0.25) is 5.91 Å². The van der Waals surface area contributed by atoms with Gasteiger partial charge in [0.05, 0.1) is 6.61 Å². The third-order valence-corrected chi connectivity index (χ3v) is 6.61. The second-order valence-electron chi connectivity index (χ2n) is 10.7. The third kappa shape index (κ3) is 7.96. The summed E-state index contributed by atoms with van der Waals surface area (Å²) >= 11 is 0. The number of hydrogen-bond acceptors (Lipinski definition) is 5. The summed E-state index contributed by atoms with van der Waals surface area (Å²) in [6.45, 7) is 15.1. The Morgan fingerprint density at radius 1 is 1.03 bits per heavy atom. The molecule has 7 heteroatoms. The number of benzene rings is 2. The minimum absolute atomic E-state index is 0.187. The fourth-order valence-corrected chi connectivity index (χ4v) is 4.75. The molecule has 1 N–H and O–H groups in total. The number of carbonyl (C=O) groups excluding carboxylic acids is 2. The van der Waals surface area contributed by atoms with Crippen LogP contribution in [0.4, 0.5) is 4.79 Å². The highest BCUT2D eigenvalue weighted by Crippen LogP contribution is 2.33. The van der Waals surface area contributed by atoms with Crippen molar-refractivity contribution in [2.75, 3.05) is 26.2 Å². The van der Waals surface area contributed by atoms with Crippen molar-refractivity contribution in [2.45, 2.75) is 72.7 Å². The molecule has 1 aliphatic rings. The number of fused-ring (bicyclic) bond motifs is 1. The van der Waals surface area contributed by atoms with Crippen molar-refractivity contribution in [3.8, 4) is 5.75 Å². The van der Waals surface area contributed by atoms with Gasteiger partial charge < -0.3 is 14.8 Å². The van der Waals surface area contributed by atoms with Crippen LogP contribution in [0.15, 0.2) is 48.5 Å². The molecule has 7 nitrogen and oxygen atoms in total. The van der Waals surface area contributed by atoms with Gasteiger partial charge in [0, 0.05) is 31.7 Å². The van der Waals surface area contributed by atoms with Crippen LogP contribution in [0.2, 0.25) is 0 Å². The van der Waals surface area contributed by atoms with Crippen molar-refractivity contribution in [2.24, 2.45) is 5.92 Å². The van der Waals surface area contributed by atoms with Crippen LogP contribution in [0.25, 0.3) is 0 Å². The van der Waals surface area contributed by atoms with Gasteiger partial charge in [-0.3, -0.25) is 14.6 Å². The molecule has 0 fully saturated rings. The summed E-state index contributed by atoms with van der Waals surface area (Å²) in [6, 6.07) is 15.8. The van der Waals surface area contributed by atoms with Crippen LogP contribution in [-0.2, 0) is 22.6 Å². The fourth-order valence-electron chi connectivity index (χ4n) is 4.75. The van der Waals surface area contributed by atoms with E-state index < -0.39 is 12.1 Å². The van der Waals surface area contributed by atoms with E-state index in [1.54, 1.807) is 4.90 Å². The van der Waals surface area contributed by atoms with Gasteiger partial charge in [0.15, 0.2) is 0 Å². The van der Waals surface area contributed by atoms with Crippen molar-refractivity contribution in [3.63, 3.8) is 0 Å². The lowest BCUT2D eigenvalue weighted by Crippen LogP contribution is -2.49. The molecular weight excluding hydrogens is 466 g/mol. The predicted molar refractivity (Wildman–Crippen MR) is 147 cm³/mol. The number of hydrogen-bond donors (Lipinski definition) is 1. The number of ether oxygens (including phenoxy) is 2. The molecule has 3 rings (SSSR count). The molecule has 2 aromatic rings. The molecule has 1 atom stereocenters. The summed E-state index contributed by atoms with van der Waals surface area (Å²) in [5.41, 5.74) is 2.93. The summed E-state index contributed by atoms with van der Waals surface area (Å²) in [5, 5.41) is 3.08. The molecule has 202 valence electrons. The Morgan fingerprint density at radius 3 is 2.38 bits per heavy atom. The van der Waals surface area contributed by atoms with E-state index in [0.717, 1.165) is 29.0 Å². The maximum Gasteiger partial charge on any atom is 0.410 e. The first-order valence-electron chi connectivity index (χ1n) is 13.4. The number of rotatable bonds is 11. The van der Waals surface area contributed by atoms with E-state index >= 15 is 0 Å². The molecule has 0 saturated carbocycles. The zero-order valence-electron chi connectivity index (χ0n) is 23.2. The zero-order chi connectivity index (χ0) is 26.9. The molecule has 0 aromatic heterocycles. The molecule has 0 bridgehead atoms. The Morgan fingerprint density at radius 2 is 1.73 bits per heavy atom. The highest BCUT2D eigenvalue weighted by Gasteiger charge is 2.37. The molecule has 2 amide bonds. The van der Waals surface area contributed by atoms with E-state index in [-0.39, 0.29) is 11.8 Å². The first-order chi connectivity index (χ1) is 17.7. The molecule has 0 radical (unpaired) electrons. The smallest absolute Gasteiger partial charge is 0.410 e. The van der Waals surface area contributed by atoms with Crippen molar-refractivity contribution in [1.82, 2.24) is 15.1 Å². The van der Waals surface area contributed by atoms with Crippen molar-refractivity contribution in [1.29, 1.82) is 0 Å². The van der Waals surface area contributed by atoms with Crippen LogP contribution in [0.5, 0.6) is 5.75 Å². The summed E-state index contributed by atoms with van der Waals surface area (Å²) in [7, 11) is 0. The van der Waals surface area contributed by atoms with Gasteiger partial charge in [0.1, 0.15) is 18.4 Å². The number of carbonyl (C=O) groups is 2. The minimum Gasteiger partial charge on any atom is -0.489 e. The molecule has 37 heavy (non-hydrogen) atoms. The molecule has 0 saturated heterocycles. The number of nitrogens with one attached hydrogen (secondary N) is 1. The van der Waals surface area contributed by atoms with Crippen LogP contribution in [0, 0.1) is 5.92 Å². The molecule has 1 heterocycles. The maximum atomic E-state index is 13.5. The normalized spacial score (nSPS) is 15.3. The Labute approximate surface area is 222 Å². The van der Waals surface area contributed by atoms with E-state index in [9.17, 15) is 9.59 Å². The highest BCUT2D eigenvalue weighted by atomic mass is 16.6. The quantitative estimate of drug-likeness (QED) is 0.451. The monoisotopic (exact) mass is 509 g/mol. The highest BCUT2D eigenvalue weighted by molar-refractivity contribution is 5.88. The summed E-state index contributed by atoms with van der Waals surface area (Å²) in [6.07, 6.45) is 0.183. The SMILES string of the molecule is CC(C)COC(=O)N1CCc2cc(OCc3ccccc3)ccc2C1C(=O)NCCN(C(C)C)C(C)C. The van der Waals surface area contributed by atoms with E-state index in [1.165, 1.54) is 0 Å². The molecule has 2 aromatic carbocycles. The lowest BCUT2D eigenvalue weighted by molar-refractivity contribution is -0.126. The zero-order valence-corrected chi connectivity index (χ0v) is 23.2. The van der Waals surface area contributed by atoms with Gasteiger partial charge in [-0.25, -0.2) is 4.79 Å². The van der Waals surface area contributed by atoms with E-state index in [0.29, 0.717) is 44.8 Å². The summed E-state index contributed by atoms with van der Waals surface area (Å²) in [5.74, 6) is 0.783. The second-order valence-corrected chi connectivity index (χ2v) is 10.7. The molecular formula is C30H43N3O4. The van der Waals surface area contributed by atoms with E-state index in [4.69, 9.17) is 9.47 Å². The minimum atomic E-state index is -0.738. The number of nitrogens with zero attached hydrogens (tertiary/aromatic N) is 2. The first-order valence-corrected chi connectivity index (χ1v) is 13.4. The average Bonchev–Trinajstić information content (AvgIpc) is 2.87. The second kappa shape index (κ2) is 13.5. The topological polar surface area (TPSA) is 71.1 Å². The maximum absolute atomic E-state index is 13.5. The van der Waals surface area contributed by atoms with Gasteiger partial charge in [-0.05, 0) is 68.9 Å². The van der Waals surface area contributed by atoms with Crippen LogP contribution >= 0.6 is 0 Å². The van der Waals surface area contributed by atoms with Gasteiger partial charge in [0.25, 0.3) is 0 Å². The van der Waals surface area contributed by atoms with Crippen molar-refractivity contribution >= 4 is 12.0 Å². The van der Waals surface area contributed by atoms with Gasteiger partial charge in [-0.15, -0.1) is 0 Å². The molecule has 0 aliphatic carbocycles. The van der Waals surface area contributed by atoms with Crippen LogP contribution in [0.3, 0.4) is 0 Å². The van der Waals surface area contributed by atoms with Crippen LogP contribution in [-0.4, -0.2) is 60.1 Å². The number of amides is 2. The Balaban J connectivity index is 1.77. The van der Waals surface area contributed by atoms with E-state index in [1.807, 2.05) is 62.4 Å². The van der Waals surface area contributed by atoms with Crippen LogP contribution < -0.4 is 10.1 Å². The van der Waals surface area contributed by atoms with Gasteiger partial charge in [-0.1, -0.05) is 50.2 Å². The largest absolute Gasteiger partial charge is 0.489 e. The lowest BCUT2D eigenvalue weighted by Gasteiger charge is -2.36. The summed E-state index contributed by atoms with van der Waals surface area (Å²) < 4.78 is 11.5. The first kappa shape index (κ1) is 28.5. The van der Waals surface area contributed by atoms with Gasteiger partial charge >= 0.3 is 6.09 Å². The predicted octanol–water partition coefficient (Wildman–Crippen LogP) is 5.19. The Bertz CT molecular complexity index is 1010. The molecule has 0 spiro atoms. The van der Waals surface area contributed by atoms with Crippen molar-refractivity contribution in [3.05, 3.63) is 65.2 Å². The van der Waals surface area contributed by atoms with E-state index in [2.05, 4.69) is 37.9 Å². The Kier molecular flexibility index (Phi) is 10.4. The lowest BCUT2D eigenvalue weighted by atomic mass is 9.92. The Hall–Kier alpha value is -3.06. The average molecular weight is 510 g/mol.